The molecule has 1 heterocycles. The zero-order valence-electron chi connectivity index (χ0n) is 32.3. The molecule has 0 radical (unpaired) electrons. The highest BCUT2D eigenvalue weighted by molar-refractivity contribution is 5.96. The summed E-state index contributed by atoms with van der Waals surface area (Å²) in [4.78, 5) is 101. The van der Waals surface area contributed by atoms with Gasteiger partial charge in [-0.3, -0.25) is 33.8 Å². The molecule has 0 aliphatic rings. The zero-order valence-corrected chi connectivity index (χ0v) is 32.3. The predicted molar refractivity (Wildman–Crippen MR) is 200 cm³/mol. The molecule has 11 N–H and O–H groups in total. The Bertz CT molecular complexity index is 1380. The van der Waals surface area contributed by atoms with E-state index in [-0.39, 0.29) is 62.4 Å². The van der Waals surface area contributed by atoms with E-state index in [0.717, 1.165) is 0 Å². The maximum absolute atomic E-state index is 13.8. The van der Waals surface area contributed by atoms with Crippen molar-refractivity contribution >= 4 is 47.7 Å². The Hall–Kier alpha value is -5.03. The number of nitrogens with one attached hydrogen (secondary N) is 7. The second-order valence-electron chi connectivity index (χ2n) is 14.5. The van der Waals surface area contributed by atoms with E-state index in [9.17, 15) is 33.6 Å². The van der Waals surface area contributed by atoms with Gasteiger partial charge in [0.2, 0.25) is 35.4 Å². The molecule has 18 heteroatoms. The number of hydrogen-bond donors (Lipinski definition) is 9. The minimum Gasteiger partial charge on any atom is -0.370 e. The smallest absolute Gasteiger partial charge is 0.243 e. The van der Waals surface area contributed by atoms with Gasteiger partial charge in [0, 0.05) is 31.8 Å². The number of imidazole rings is 1. The number of aldehydes is 1. The molecule has 1 rings (SSSR count). The molecule has 53 heavy (non-hydrogen) atoms. The molecule has 0 saturated carbocycles. The fourth-order valence-corrected chi connectivity index (χ4v) is 5.38. The Morgan fingerprint density at radius 3 is 1.58 bits per heavy atom. The third-order valence-corrected chi connectivity index (χ3v) is 7.90. The summed E-state index contributed by atoms with van der Waals surface area (Å²) in [7, 11) is 0. The average Bonchev–Trinajstić information content (AvgIpc) is 3.56. The van der Waals surface area contributed by atoms with Crippen molar-refractivity contribution in [1.29, 1.82) is 0 Å². The largest absolute Gasteiger partial charge is 0.370 e. The first kappa shape index (κ1) is 46.0. The van der Waals surface area contributed by atoms with Crippen LogP contribution in [0, 0.1) is 17.8 Å². The summed E-state index contributed by atoms with van der Waals surface area (Å²) in [6, 6.07) is -6.03. The number of carbonyl (C=O) groups is 7. The molecular formula is C35H61N11O7. The molecule has 0 spiro atoms. The Morgan fingerprint density at radius 2 is 1.19 bits per heavy atom. The summed E-state index contributed by atoms with van der Waals surface area (Å²) in [6.45, 7) is 14.3. The standard InChI is InChI=1S/C35H61N11O7/c1-19(2)12-26(31(50)41-22(7)30(49)43-24(17-47)10-9-11-39-35(36)37)44-32(51)27(13-20(3)4)45-33(52)28(14-21(5)6)46-34(53)29(42-23(8)48)15-25-16-38-18-40-25/h16-22,24,26-29H,9-15H2,1-8H3,(H,38,40)(H,41,50)(H,42,48)(H,43,49)(H,44,51)(H,45,52)(H,46,53)(H4,36,37,39)/t22-,24-,26-,27-,28-,29-/m0/s1. The van der Waals surface area contributed by atoms with Crippen LogP contribution in [0.1, 0.15) is 93.2 Å². The van der Waals surface area contributed by atoms with Gasteiger partial charge in [-0.15, -0.1) is 0 Å². The third kappa shape index (κ3) is 18.9. The number of nitrogens with two attached hydrogens (primary N) is 2. The first-order valence-corrected chi connectivity index (χ1v) is 18.1. The number of hydrogen-bond acceptors (Lipinski definition) is 9. The van der Waals surface area contributed by atoms with Gasteiger partial charge in [-0.25, -0.2) is 4.98 Å². The average molecular weight is 748 g/mol. The molecule has 0 saturated heterocycles. The van der Waals surface area contributed by atoms with Crippen LogP contribution in [0.3, 0.4) is 0 Å². The van der Waals surface area contributed by atoms with E-state index < -0.39 is 71.7 Å². The van der Waals surface area contributed by atoms with Gasteiger partial charge in [0.25, 0.3) is 0 Å². The third-order valence-electron chi connectivity index (χ3n) is 7.90. The second kappa shape index (κ2) is 23.5. The molecule has 0 aromatic carbocycles. The summed E-state index contributed by atoms with van der Waals surface area (Å²) in [5.74, 6) is -3.64. The van der Waals surface area contributed by atoms with Crippen molar-refractivity contribution in [3.8, 4) is 0 Å². The van der Waals surface area contributed by atoms with Crippen LogP contribution in [0.25, 0.3) is 0 Å². The quantitative estimate of drug-likeness (QED) is 0.0277. The number of rotatable bonds is 24. The van der Waals surface area contributed by atoms with Gasteiger partial charge in [0.05, 0.1) is 12.4 Å². The van der Waals surface area contributed by atoms with Crippen molar-refractivity contribution < 1.29 is 33.6 Å². The highest BCUT2D eigenvalue weighted by Gasteiger charge is 2.33. The molecular weight excluding hydrogens is 686 g/mol. The minimum absolute atomic E-state index is 0.0277. The lowest BCUT2D eigenvalue weighted by atomic mass is 9.98. The van der Waals surface area contributed by atoms with Crippen LogP contribution >= 0.6 is 0 Å². The van der Waals surface area contributed by atoms with Gasteiger partial charge in [-0.2, -0.15) is 0 Å². The molecule has 0 aliphatic heterocycles. The number of aromatic amines is 1. The highest BCUT2D eigenvalue weighted by atomic mass is 16.2. The Balaban J connectivity index is 3.10. The topological polar surface area (TPSA) is 285 Å². The predicted octanol–water partition coefficient (Wildman–Crippen LogP) is -0.708. The van der Waals surface area contributed by atoms with Gasteiger partial charge in [-0.05, 0) is 56.8 Å². The molecule has 6 atom stereocenters. The van der Waals surface area contributed by atoms with Crippen LogP contribution in [0.4, 0.5) is 0 Å². The SMILES string of the molecule is CC(=O)N[C@@H](Cc1cnc[nH]1)C(=O)N[C@@H](CC(C)C)C(=O)N[C@@H](CC(C)C)C(=O)N[C@@H](CC(C)C)C(=O)N[C@@H](C)C(=O)N[C@H](C=O)CCCN=C(N)N. The molecule has 0 bridgehead atoms. The van der Waals surface area contributed by atoms with Gasteiger partial charge in [0.15, 0.2) is 5.96 Å². The van der Waals surface area contributed by atoms with Crippen LogP contribution in [-0.4, -0.2) is 100 Å². The minimum atomic E-state index is -1.07. The van der Waals surface area contributed by atoms with Crippen molar-refractivity contribution in [2.75, 3.05) is 6.54 Å². The maximum atomic E-state index is 13.8. The van der Waals surface area contributed by atoms with Crippen LogP contribution in [-0.2, 0) is 40.0 Å². The van der Waals surface area contributed by atoms with E-state index in [0.29, 0.717) is 18.4 Å². The molecule has 18 nitrogen and oxygen atoms in total. The van der Waals surface area contributed by atoms with Crippen molar-refractivity contribution in [3.63, 3.8) is 0 Å². The summed E-state index contributed by atoms with van der Waals surface area (Å²) >= 11 is 0. The molecule has 1 aromatic heterocycles. The molecule has 0 aliphatic carbocycles. The fraction of sp³-hybridized carbons (Fsp3) is 0.686. The lowest BCUT2D eigenvalue weighted by Crippen LogP contribution is -2.59. The first-order chi connectivity index (χ1) is 24.8. The van der Waals surface area contributed by atoms with E-state index in [2.05, 4.69) is 46.9 Å². The van der Waals surface area contributed by atoms with Gasteiger partial charge < -0.3 is 53.1 Å². The number of carbonyl (C=O) groups excluding carboxylic acids is 7. The van der Waals surface area contributed by atoms with Gasteiger partial charge >= 0.3 is 0 Å². The number of nitrogens with zero attached hydrogens (tertiary/aromatic N) is 2. The van der Waals surface area contributed by atoms with E-state index in [4.69, 9.17) is 11.5 Å². The fourth-order valence-electron chi connectivity index (χ4n) is 5.38. The number of aromatic nitrogens is 2. The first-order valence-electron chi connectivity index (χ1n) is 18.1. The van der Waals surface area contributed by atoms with Crippen molar-refractivity contribution in [3.05, 3.63) is 18.2 Å². The Kier molecular flexibility index (Phi) is 20.4. The molecule has 6 amide bonds. The van der Waals surface area contributed by atoms with E-state index in [1.807, 2.05) is 41.5 Å². The summed E-state index contributed by atoms with van der Waals surface area (Å²) < 4.78 is 0. The number of amides is 6. The summed E-state index contributed by atoms with van der Waals surface area (Å²) in [6.07, 6.45) is 5.09. The molecule has 298 valence electrons. The van der Waals surface area contributed by atoms with Crippen LogP contribution in [0.5, 0.6) is 0 Å². The van der Waals surface area contributed by atoms with Crippen LogP contribution in [0.15, 0.2) is 17.5 Å². The molecule has 0 unspecified atom stereocenters. The summed E-state index contributed by atoms with van der Waals surface area (Å²) in [5.41, 5.74) is 11.2. The van der Waals surface area contributed by atoms with Crippen molar-refractivity contribution in [2.45, 2.75) is 130 Å². The lowest BCUT2D eigenvalue weighted by molar-refractivity contribution is -0.135. The monoisotopic (exact) mass is 747 g/mol. The summed E-state index contributed by atoms with van der Waals surface area (Å²) in [5, 5.41) is 16.1. The van der Waals surface area contributed by atoms with Gasteiger partial charge in [0.1, 0.15) is 36.5 Å². The lowest BCUT2D eigenvalue weighted by Gasteiger charge is -2.28. The van der Waals surface area contributed by atoms with Crippen molar-refractivity contribution in [2.24, 2.45) is 34.2 Å². The van der Waals surface area contributed by atoms with Crippen LogP contribution < -0.4 is 43.4 Å². The van der Waals surface area contributed by atoms with Crippen molar-refractivity contribution in [1.82, 2.24) is 41.9 Å². The zero-order chi connectivity index (χ0) is 40.2. The van der Waals surface area contributed by atoms with E-state index in [1.165, 1.54) is 26.4 Å². The van der Waals surface area contributed by atoms with E-state index in [1.54, 1.807) is 0 Å². The maximum Gasteiger partial charge on any atom is 0.243 e. The molecule has 0 fully saturated rings. The van der Waals surface area contributed by atoms with Crippen LogP contribution in [0.2, 0.25) is 0 Å². The van der Waals surface area contributed by atoms with E-state index >= 15 is 0 Å². The number of guanidine groups is 1. The molecule has 1 aromatic rings. The number of H-pyrrole nitrogens is 1. The Morgan fingerprint density at radius 1 is 0.717 bits per heavy atom. The number of aliphatic imine (C=N–C) groups is 1. The van der Waals surface area contributed by atoms with Gasteiger partial charge in [-0.1, -0.05) is 41.5 Å². The Labute approximate surface area is 312 Å². The normalized spacial score (nSPS) is 14.5. The highest BCUT2D eigenvalue weighted by Crippen LogP contribution is 2.12. The second-order valence-corrected chi connectivity index (χ2v) is 14.5.